The van der Waals surface area contributed by atoms with Gasteiger partial charge >= 0.3 is 6.09 Å². The van der Waals surface area contributed by atoms with E-state index in [4.69, 9.17) is 14.2 Å². The van der Waals surface area contributed by atoms with E-state index >= 15 is 0 Å². The first-order chi connectivity index (χ1) is 9.77. The van der Waals surface area contributed by atoms with E-state index in [-0.39, 0.29) is 0 Å². The molecule has 1 aliphatic heterocycles. The highest BCUT2D eigenvalue weighted by Gasteiger charge is 2.44. The van der Waals surface area contributed by atoms with Gasteiger partial charge in [0.25, 0.3) is 0 Å². The van der Waals surface area contributed by atoms with Crippen molar-refractivity contribution in [2.45, 2.75) is 64.9 Å². The number of piperidine rings is 1. The Morgan fingerprint density at radius 1 is 1.29 bits per heavy atom. The van der Waals surface area contributed by atoms with Crippen LogP contribution < -0.4 is 0 Å². The van der Waals surface area contributed by atoms with Gasteiger partial charge in [0.2, 0.25) is 0 Å². The van der Waals surface area contributed by atoms with E-state index in [9.17, 15) is 9.59 Å². The molecule has 21 heavy (non-hydrogen) atoms. The Morgan fingerprint density at radius 3 is 2.29 bits per heavy atom. The summed E-state index contributed by atoms with van der Waals surface area (Å²) >= 11 is 0. The van der Waals surface area contributed by atoms with Crippen molar-refractivity contribution >= 4 is 12.4 Å². The molecular formula is C15H27NO5. The van der Waals surface area contributed by atoms with Crippen molar-refractivity contribution in [3.8, 4) is 0 Å². The maximum atomic E-state index is 12.2. The Bertz CT molecular complexity index is 358. The Labute approximate surface area is 126 Å². The highest BCUT2D eigenvalue weighted by molar-refractivity contribution is 5.74. The summed E-state index contributed by atoms with van der Waals surface area (Å²) in [5, 5.41) is 0. The summed E-state index contributed by atoms with van der Waals surface area (Å²) in [5.74, 6) is -0.784. The molecule has 1 aliphatic rings. The van der Waals surface area contributed by atoms with Crippen LogP contribution in [0, 0.1) is 0 Å². The molecule has 122 valence electrons. The van der Waals surface area contributed by atoms with Crippen LogP contribution in [-0.4, -0.2) is 54.5 Å². The van der Waals surface area contributed by atoms with Gasteiger partial charge in [0.1, 0.15) is 11.9 Å². The highest BCUT2D eigenvalue weighted by atomic mass is 16.7. The number of nitrogens with zero attached hydrogens (tertiary/aromatic N) is 1. The molecule has 1 rings (SSSR count). The number of hydrogen-bond donors (Lipinski definition) is 0. The minimum absolute atomic E-state index is 0.331. The fraction of sp³-hybridized carbons (Fsp3) is 0.867. The van der Waals surface area contributed by atoms with Crippen molar-refractivity contribution in [3.05, 3.63) is 0 Å². The lowest BCUT2D eigenvalue weighted by Crippen LogP contribution is -2.56. The normalized spacial score (nSPS) is 22.0. The zero-order valence-corrected chi connectivity index (χ0v) is 13.7. The maximum Gasteiger partial charge on any atom is 0.410 e. The van der Waals surface area contributed by atoms with E-state index in [2.05, 4.69) is 0 Å². The molecule has 1 amide bonds. The van der Waals surface area contributed by atoms with E-state index in [0.29, 0.717) is 32.6 Å². The predicted molar refractivity (Wildman–Crippen MR) is 78.0 cm³/mol. The Hall–Kier alpha value is -1.14. The largest absolute Gasteiger partial charge is 0.444 e. The SMILES string of the molecule is CCOC1(OCC)CCN(C(=O)OC(C)(C)C)[C@H](C=O)C1. The zero-order chi connectivity index (χ0) is 16.1. The second-order valence-electron chi connectivity index (χ2n) is 6.11. The van der Waals surface area contributed by atoms with Gasteiger partial charge in [0, 0.05) is 32.6 Å². The van der Waals surface area contributed by atoms with Gasteiger partial charge in [0.05, 0.1) is 6.04 Å². The Morgan fingerprint density at radius 2 is 1.86 bits per heavy atom. The average molecular weight is 301 g/mol. The number of hydrogen-bond acceptors (Lipinski definition) is 5. The number of ether oxygens (including phenoxy) is 3. The van der Waals surface area contributed by atoms with Crippen molar-refractivity contribution in [1.29, 1.82) is 0 Å². The molecule has 0 aromatic carbocycles. The van der Waals surface area contributed by atoms with Crippen molar-refractivity contribution in [3.63, 3.8) is 0 Å². The summed E-state index contributed by atoms with van der Waals surface area (Å²) < 4.78 is 16.8. The lowest BCUT2D eigenvalue weighted by Gasteiger charge is -2.44. The maximum absolute atomic E-state index is 12.2. The monoisotopic (exact) mass is 301 g/mol. The molecule has 0 aliphatic carbocycles. The zero-order valence-electron chi connectivity index (χ0n) is 13.7. The highest BCUT2D eigenvalue weighted by Crippen LogP contribution is 2.32. The lowest BCUT2D eigenvalue weighted by molar-refractivity contribution is -0.257. The number of amides is 1. The molecule has 1 atom stereocenters. The Kier molecular flexibility index (Phi) is 6.16. The second-order valence-corrected chi connectivity index (χ2v) is 6.11. The standard InChI is InChI=1S/C15H27NO5/c1-6-19-15(20-7-2)8-9-16(12(10-15)11-17)13(18)21-14(3,4)5/h11-12H,6-10H2,1-5H3/t12-/m0/s1. The van der Waals surface area contributed by atoms with Crippen LogP contribution >= 0.6 is 0 Å². The van der Waals surface area contributed by atoms with Crippen LogP contribution in [-0.2, 0) is 19.0 Å². The van der Waals surface area contributed by atoms with Gasteiger partial charge in [-0.3, -0.25) is 4.90 Å². The average Bonchev–Trinajstić information content (AvgIpc) is 2.37. The first kappa shape index (κ1) is 17.9. The minimum Gasteiger partial charge on any atom is -0.444 e. The van der Waals surface area contributed by atoms with Gasteiger partial charge < -0.3 is 19.0 Å². The van der Waals surface area contributed by atoms with Crippen LogP contribution in [0.3, 0.4) is 0 Å². The van der Waals surface area contributed by atoms with Crippen molar-refractivity contribution in [1.82, 2.24) is 4.90 Å². The van der Waals surface area contributed by atoms with Gasteiger partial charge in [-0.25, -0.2) is 4.79 Å². The van der Waals surface area contributed by atoms with Crippen LogP contribution in [0.5, 0.6) is 0 Å². The number of aldehydes is 1. The summed E-state index contributed by atoms with van der Waals surface area (Å²) in [4.78, 5) is 25.0. The molecule has 1 saturated heterocycles. The van der Waals surface area contributed by atoms with Crippen LogP contribution in [0.25, 0.3) is 0 Å². The summed E-state index contributed by atoms with van der Waals surface area (Å²) in [7, 11) is 0. The molecule has 0 N–H and O–H groups in total. The lowest BCUT2D eigenvalue weighted by atomic mass is 9.96. The first-order valence-electron chi connectivity index (χ1n) is 7.49. The molecule has 0 aromatic heterocycles. The number of likely N-dealkylation sites (tertiary alicyclic amines) is 1. The smallest absolute Gasteiger partial charge is 0.410 e. The minimum atomic E-state index is -0.784. The third-order valence-corrected chi connectivity index (χ3v) is 3.25. The fourth-order valence-electron chi connectivity index (χ4n) is 2.49. The molecule has 0 unspecified atom stereocenters. The molecule has 6 heteroatoms. The third kappa shape index (κ3) is 4.97. The molecule has 0 radical (unpaired) electrons. The van der Waals surface area contributed by atoms with E-state index in [1.54, 1.807) is 20.8 Å². The van der Waals surface area contributed by atoms with Gasteiger partial charge in [0.15, 0.2) is 5.79 Å². The van der Waals surface area contributed by atoms with E-state index in [1.807, 2.05) is 13.8 Å². The molecule has 0 bridgehead atoms. The summed E-state index contributed by atoms with van der Waals surface area (Å²) in [5.41, 5.74) is -0.584. The van der Waals surface area contributed by atoms with E-state index in [1.165, 1.54) is 4.90 Å². The van der Waals surface area contributed by atoms with Crippen molar-refractivity contribution in [2.75, 3.05) is 19.8 Å². The van der Waals surface area contributed by atoms with Gasteiger partial charge in [-0.15, -0.1) is 0 Å². The van der Waals surface area contributed by atoms with E-state index < -0.39 is 23.5 Å². The summed E-state index contributed by atoms with van der Waals surface area (Å²) in [6.45, 7) is 10.5. The molecule has 0 spiro atoms. The van der Waals surface area contributed by atoms with Gasteiger partial charge in [-0.2, -0.15) is 0 Å². The summed E-state index contributed by atoms with van der Waals surface area (Å²) in [6, 6.07) is -0.591. The van der Waals surface area contributed by atoms with Crippen molar-refractivity contribution in [2.24, 2.45) is 0 Å². The van der Waals surface area contributed by atoms with Crippen LogP contribution in [0.1, 0.15) is 47.5 Å². The first-order valence-corrected chi connectivity index (χ1v) is 7.49. The molecule has 6 nitrogen and oxygen atoms in total. The number of carbonyl (C=O) groups is 2. The second kappa shape index (κ2) is 7.22. The third-order valence-electron chi connectivity index (χ3n) is 3.25. The van der Waals surface area contributed by atoms with Crippen LogP contribution in [0.2, 0.25) is 0 Å². The molecule has 0 aromatic rings. The van der Waals surface area contributed by atoms with Gasteiger partial charge in [-0.05, 0) is 34.6 Å². The molecule has 1 fully saturated rings. The topological polar surface area (TPSA) is 65.1 Å². The van der Waals surface area contributed by atoms with Gasteiger partial charge in [-0.1, -0.05) is 0 Å². The summed E-state index contributed by atoms with van der Waals surface area (Å²) in [6.07, 6.45) is 1.15. The molecular weight excluding hydrogens is 274 g/mol. The quantitative estimate of drug-likeness (QED) is 0.576. The van der Waals surface area contributed by atoms with E-state index in [0.717, 1.165) is 6.29 Å². The molecule has 1 heterocycles. The van der Waals surface area contributed by atoms with Crippen molar-refractivity contribution < 1.29 is 23.8 Å². The number of carbonyl (C=O) groups excluding carboxylic acids is 2. The number of rotatable bonds is 5. The Balaban J connectivity index is 2.81. The fourth-order valence-corrected chi connectivity index (χ4v) is 2.49. The predicted octanol–water partition coefficient (Wildman–Crippen LogP) is 2.35. The van der Waals surface area contributed by atoms with Crippen LogP contribution in [0.4, 0.5) is 4.79 Å². The van der Waals surface area contributed by atoms with Crippen LogP contribution in [0.15, 0.2) is 0 Å². The molecule has 0 saturated carbocycles.